The van der Waals surface area contributed by atoms with Crippen molar-refractivity contribution in [1.29, 1.82) is 0 Å². The van der Waals surface area contributed by atoms with Gasteiger partial charge in [-0.05, 0) is 18.1 Å². The number of imidazole rings is 1. The predicted octanol–water partition coefficient (Wildman–Crippen LogP) is 2.41. The number of rotatable bonds is 4. The maximum absolute atomic E-state index is 11.2. The van der Waals surface area contributed by atoms with Crippen LogP contribution in [-0.2, 0) is 0 Å². The lowest BCUT2D eigenvalue weighted by molar-refractivity contribution is 0.0690. The van der Waals surface area contributed by atoms with Crippen LogP contribution in [0.1, 0.15) is 28.4 Å². The van der Waals surface area contributed by atoms with Gasteiger partial charge in [0.25, 0.3) is 0 Å². The summed E-state index contributed by atoms with van der Waals surface area (Å²) in [7, 11) is 0. The summed E-state index contributed by atoms with van der Waals surface area (Å²) in [4.78, 5) is 19.6. The number of nitrogens with one attached hydrogen (secondary N) is 1. The van der Waals surface area contributed by atoms with Crippen LogP contribution in [0.15, 0.2) is 42.7 Å². The van der Waals surface area contributed by atoms with Gasteiger partial charge in [0, 0.05) is 30.9 Å². The number of carboxylic acid groups (broad SMARTS) is 1. The second-order valence-electron chi connectivity index (χ2n) is 5.68. The van der Waals surface area contributed by atoms with Gasteiger partial charge in [-0.3, -0.25) is 4.40 Å². The number of fused-ring (bicyclic) bond motifs is 2. The Bertz CT molecular complexity index is 906. The van der Waals surface area contributed by atoms with E-state index in [1.807, 2.05) is 18.2 Å². The Kier molecular flexibility index (Phi) is 3.53. The number of hydrogen-bond acceptors (Lipinski definition) is 5. The van der Waals surface area contributed by atoms with Crippen LogP contribution in [0.4, 0.5) is 5.95 Å². The third-order valence-corrected chi connectivity index (χ3v) is 4.20. The molecular weight excluding hydrogens is 308 g/mol. The molecule has 0 bridgehead atoms. The third kappa shape index (κ3) is 2.54. The van der Waals surface area contributed by atoms with Crippen molar-refractivity contribution in [3.8, 4) is 5.75 Å². The predicted molar refractivity (Wildman–Crippen MR) is 87.7 cm³/mol. The van der Waals surface area contributed by atoms with Gasteiger partial charge in [0.05, 0.1) is 6.61 Å². The normalized spacial score (nSPS) is 16.4. The number of hydrogen-bond donors (Lipinski definition) is 2. The van der Waals surface area contributed by atoms with E-state index in [1.165, 1.54) is 6.07 Å². The van der Waals surface area contributed by atoms with Gasteiger partial charge in [-0.15, -0.1) is 0 Å². The van der Waals surface area contributed by atoms with Gasteiger partial charge in [0.2, 0.25) is 5.95 Å². The zero-order chi connectivity index (χ0) is 16.5. The highest BCUT2D eigenvalue weighted by atomic mass is 16.5. The van der Waals surface area contributed by atoms with Crippen molar-refractivity contribution in [2.24, 2.45) is 0 Å². The van der Waals surface area contributed by atoms with Gasteiger partial charge >= 0.3 is 5.97 Å². The van der Waals surface area contributed by atoms with E-state index < -0.39 is 5.97 Å². The lowest BCUT2D eigenvalue weighted by atomic mass is 9.93. The van der Waals surface area contributed by atoms with Gasteiger partial charge in [0.15, 0.2) is 5.69 Å². The summed E-state index contributed by atoms with van der Waals surface area (Å²) in [5, 5.41) is 12.5. The molecule has 4 rings (SSSR count). The molecule has 7 heteroatoms. The first-order valence-corrected chi connectivity index (χ1v) is 7.75. The molecular formula is C17H16N4O3. The van der Waals surface area contributed by atoms with E-state index in [4.69, 9.17) is 4.74 Å². The van der Waals surface area contributed by atoms with E-state index in [-0.39, 0.29) is 11.6 Å². The van der Waals surface area contributed by atoms with Crippen LogP contribution in [0, 0.1) is 0 Å². The number of nitrogens with zero attached hydrogens (tertiary/aromatic N) is 3. The molecule has 1 aliphatic rings. The molecule has 0 spiro atoms. The molecule has 122 valence electrons. The van der Waals surface area contributed by atoms with Crippen molar-refractivity contribution in [1.82, 2.24) is 14.4 Å². The summed E-state index contributed by atoms with van der Waals surface area (Å²) in [6, 6.07) is 9.45. The molecule has 1 unspecified atom stereocenters. The van der Waals surface area contributed by atoms with E-state index in [1.54, 1.807) is 16.8 Å². The fraction of sp³-hybridized carbons (Fsp3) is 0.235. The standard InChI is InChI=1S/C17H16N4O3/c22-16(23)13-9-15-18-6-7-21(15)17(20-13)19-10-11-5-8-24-14-4-2-1-3-12(11)14/h1-4,6-7,9,11H,5,8,10H2,(H,19,20)(H,22,23). The van der Waals surface area contributed by atoms with Gasteiger partial charge in [-0.1, -0.05) is 18.2 Å². The maximum Gasteiger partial charge on any atom is 0.354 e. The van der Waals surface area contributed by atoms with Crippen molar-refractivity contribution < 1.29 is 14.6 Å². The van der Waals surface area contributed by atoms with E-state index in [9.17, 15) is 9.90 Å². The number of ether oxygens (including phenoxy) is 1. The Morgan fingerprint density at radius 3 is 3.17 bits per heavy atom. The molecule has 2 aromatic heterocycles. The zero-order valence-electron chi connectivity index (χ0n) is 12.8. The third-order valence-electron chi connectivity index (χ3n) is 4.20. The highest BCUT2D eigenvalue weighted by Gasteiger charge is 2.21. The molecule has 0 amide bonds. The second kappa shape index (κ2) is 5.84. The summed E-state index contributed by atoms with van der Waals surface area (Å²) in [5.74, 6) is 0.603. The van der Waals surface area contributed by atoms with Gasteiger partial charge in [-0.2, -0.15) is 0 Å². The quantitative estimate of drug-likeness (QED) is 0.766. The van der Waals surface area contributed by atoms with Crippen molar-refractivity contribution in [3.05, 3.63) is 54.0 Å². The smallest absolute Gasteiger partial charge is 0.354 e. The fourth-order valence-electron chi connectivity index (χ4n) is 3.00. The van der Waals surface area contributed by atoms with E-state index in [0.29, 0.717) is 24.7 Å². The Morgan fingerprint density at radius 1 is 1.42 bits per heavy atom. The Labute approximate surface area is 137 Å². The number of aromatic nitrogens is 3. The Balaban J connectivity index is 1.62. The van der Waals surface area contributed by atoms with Crippen LogP contribution < -0.4 is 10.1 Å². The molecule has 0 saturated heterocycles. The average molecular weight is 324 g/mol. The molecule has 3 heterocycles. The molecule has 2 N–H and O–H groups in total. The number of para-hydroxylation sites is 1. The highest BCUT2D eigenvalue weighted by Crippen LogP contribution is 2.33. The van der Waals surface area contributed by atoms with Gasteiger partial charge in [0.1, 0.15) is 11.4 Å². The largest absolute Gasteiger partial charge is 0.493 e. The lowest BCUT2D eigenvalue weighted by Crippen LogP contribution is -2.22. The number of carbonyl (C=O) groups is 1. The minimum absolute atomic E-state index is 0.0245. The van der Waals surface area contributed by atoms with Crippen molar-refractivity contribution in [2.75, 3.05) is 18.5 Å². The molecule has 24 heavy (non-hydrogen) atoms. The SMILES string of the molecule is O=C(O)c1cc2nccn2c(NCC2CCOc3ccccc32)n1. The molecule has 0 aliphatic carbocycles. The molecule has 1 aliphatic heterocycles. The average Bonchev–Trinajstić information content (AvgIpc) is 3.08. The molecule has 0 saturated carbocycles. The van der Waals surface area contributed by atoms with Crippen molar-refractivity contribution >= 4 is 17.6 Å². The number of aromatic carboxylic acids is 1. The number of anilines is 1. The van der Waals surface area contributed by atoms with Crippen molar-refractivity contribution in [2.45, 2.75) is 12.3 Å². The van der Waals surface area contributed by atoms with E-state index in [0.717, 1.165) is 17.7 Å². The molecule has 1 atom stereocenters. The minimum atomic E-state index is -1.07. The number of benzene rings is 1. The van der Waals surface area contributed by atoms with Gasteiger partial charge in [-0.25, -0.2) is 14.8 Å². The van der Waals surface area contributed by atoms with Gasteiger partial charge < -0.3 is 15.2 Å². The summed E-state index contributed by atoms with van der Waals surface area (Å²) in [5.41, 5.74) is 1.69. The molecule has 0 radical (unpaired) electrons. The molecule has 1 aromatic carbocycles. The summed E-state index contributed by atoms with van der Waals surface area (Å²) in [6.45, 7) is 1.32. The topological polar surface area (TPSA) is 88.8 Å². The molecule has 3 aromatic rings. The van der Waals surface area contributed by atoms with Crippen molar-refractivity contribution in [3.63, 3.8) is 0 Å². The summed E-state index contributed by atoms with van der Waals surface area (Å²) in [6.07, 6.45) is 4.28. The minimum Gasteiger partial charge on any atom is -0.493 e. The maximum atomic E-state index is 11.2. The van der Waals surface area contributed by atoms with E-state index in [2.05, 4.69) is 21.4 Å². The summed E-state index contributed by atoms with van der Waals surface area (Å²) >= 11 is 0. The lowest BCUT2D eigenvalue weighted by Gasteiger charge is -2.26. The van der Waals surface area contributed by atoms with Crippen LogP contribution in [0.25, 0.3) is 5.65 Å². The van der Waals surface area contributed by atoms with Crippen LogP contribution in [-0.4, -0.2) is 38.6 Å². The van der Waals surface area contributed by atoms with Crippen LogP contribution in [0.5, 0.6) is 5.75 Å². The van der Waals surface area contributed by atoms with Crippen LogP contribution >= 0.6 is 0 Å². The zero-order valence-corrected chi connectivity index (χ0v) is 12.8. The highest BCUT2D eigenvalue weighted by molar-refractivity contribution is 5.87. The number of carboxylic acids is 1. The first kappa shape index (κ1) is 14.5. The first-order valence-electron chi connectivity index (χ1n) is 7.75. The Hall–Kier alpha value is -3.09. The fourth-order valence-corrected chi connectivity index (χ4v) is 3.00. The molecule has 0 fully saturated rings. The molecule has 7 nitrogen and oxygen atoms in total. The first-order chi connectivity index (χ1) is 11.7. The monoisotopic (exact) mass is 324 g/mol. The Morgan fingerprint density at radius 2 is 2.29 bits per heavy atom. The second-order valence-corrected chi connectivity index (χ2v) is 5.68. The van der Waals surface area contributed by atoms with E-state index >= 15 is 0 Å². The van der Waals surface area contributed by atoms with Crippen LogP contribution in [0.2, 0.25) is 0 Å². The summed E-state index contributed by atoms with van der Waals surface area (Å²) < 4.78 is 7.43. The van der Waals surface area contributed by atoms with Crippen LogP contribution in [0.3, 0.4) is 0 Å².